The van der Waals surface area contributed by atoms with Gasteiger partial charge in [0.1, 0.15) is 16.8 Å². The molecule has 0 fully saturated rings. The van der Waals surface area contributed by atoms with Crippen LogP contribution in [0.15, 0.2) is 40.4 Å². The van der Waals surface area contributed by atoms with E-state index in [9.17, 15) is 4.79 Å². The van der Waals surface area contributed by atoms with Gasteiger partial charge in [0.05, 0.1) is 37.1 Å². The van der Waals surface area contributed by atoms with Crippen molar-refractivity contribution in [1.29, 1.82) is 0 Å². The largest absolute Gasteiger partial charge is 0.500 e. The van der Waals surface area contributed by atoms with Crippen LogP contribution in [-0.4, -0.2) is 49.2 Å². The van der Waals surface area contributed by atoms with Gasteiger partial charge in [-0.3, -0.25) is 4.99 Å². The number of nitrogens with zero attached hydrogens (tertiary/aromatic N) is 2. The van der Waals surface area contributed by atoms with Gasteiger partial charge in [-0.05, 0) is 18.6 Å². The third-order valence-electron chi connectivity index (χ3n) is 4.21. The second-order valence-electron chi connectivity index (χ2n) is 6.27. The summed E-state index contributed by atoms with van der Waals surface area (Å²) >= 11 is 3.32. The van der Waals surface area contributed by atoms with Crippen molar-refractivity contribution in [3.05, 3.63) is 46.1 Å². The number of hydrogen-bond acceptors (Lipinski definition) is 8. The number of esters is 1. The molecule has 1 aliphatic rings. The van der Waals surface area contributed by atoms with E-state index in [1.54, 1.807) is 30.2 Å². The first-order valence-electron chi connectivity index (χ1n) is 8.76. The highest BCUT2D eigenvalue weighted by Crippen LogP contribution is 2.34. The van der Waals surface area contributed by atoms with Gasteiger partial charge >= 0.3 is 5.97 Å². The molecule has 0 amide bonds. The lowest BCUT2D eigenvalue weighted by molar-refractivity contribution is -0.135. The van der Waals surface area contributed by atoms with E-state index >= 15 is 0 Å². The average Bonchev–Trinajstić information content (AvgIpc) is 3.35. The van der Waals surface area contributed by atoms with Crippen LogP contribution in [-0.2, 0) is 19.0 Å². The summed E-state index contributed by atoms with van der Waals surface area (Å²) in [6, 6.07) is 0.0871. The first-order valence-corrected chi connectivity index (χ1v) is 10.6. The van der Waals surface area contributed by atoms with E-state index in [0.717, 1.165) is 27.1 Å². The van der Waals surface area contributed by atoms with Crippen LogP contribution in [0.25, 0.3) is 6.08 Å². The molecule has 1 aromatic rings. The van der Waals surface area contributed by atoms with Crippen LogP contribution in [0.2, 0.25) is 0 Å². The van der Waals surface area contributed by atoms with E-state index in [1.807, 2.05) is 31.4 Å². The maximum Gasteiger partial charge on any atom is 0.333 e. The van der Waals surface area contributed by atoms with Crippen LogP contribution in [0.5, 0.6) is 0 Å². The fourth-order valence-electron chi connectivity index (χ4n) is 2.62. The minimum Gasteiger partial charge on any atom is -0.500 e. The Morgan fingerprint density at radius 2 is 2.11 bits per heavy atom. The van der Waals surface area contributed by atoms with Crippen molar-refractivity contribution < 1.29 is 19.0 Å². The molecule has 0 saturated heterocycles. The van der Waals surface area contributed by atoms with Crippen molar-refractivity contribution in [3.8, 4) is 0 Å². The van der Waals surface area contributed by atoms with E-state index in [1.165, 1.54) is 20.3 Å². The molecular formula is C20H26N2O4S2. The number of carbonyl (C=O) groups excluding carboxylic acids is 1. The molecular weight excluding hydrogens is 396 g/mol. The highest BCUT2D eigenvalue weighted by atomic mass is 32.2. The fraction of sp³-hybridized carbons (Fsp3) is 0.450. The molecule has 8 heteroatoms. The number of rotatable bonds is 9. The van der Waals surface area contributed by atoms with Crippen molar-refractivity contribution in [2.75, 3.05) is 27.1 Å². The molecule has 3 unspecified atom stereocenters. The maximum absolute atomic E-state index is 11.5. The molecule has 28 heavy (non-hydrogen) atoms. The zero-order valence-electron chi connectivity index (χ0n) is 16.8. The van der Waals surface area contributed by atoms with Crippen LogP contribution in [0, 0.1) is 5.92 Å². The van der Waals surface area contributed by atoms with Crippen LogP contribution in [0.4, 0.5) is 0 Å². The van der Waals surface area contributed by atoms with Crippen molar-refractivity contribution >= 4 is 40.2 Å². The van der Waals surface area contributed by atoms with Gasteiger partial charge in [0.25, 0.3) is 0 Å². The van der Waals surface area contributed by atoms with E-state index < -0.39 is 5.97 Å². The highest BCUT2D eigenvalue weighted by molar-refractivity contribution is 8.14. The minimum absolute atomic E-state index is 0.0871. The number of hydrogen-bond donors (Lipinski definition) is 0. The summed E-state index contributed by atoms with van der Waals surface area (Å²) in [5.74, 6) is 0.756. The number of thioether (sulfide) groups is 1. The normalized spacial score (nSPS) is 19.4. The molecule has 3 atom stereocenters. The number of methoxy groups -OCH3 is 3. The Morgan fingerprint density at radius 3 is 2.68 bits per heavy atom. The molecule has 0 radical (unpaired) electrons. The molecule has 2 heterocycles. The Morgan fingerprint density at radius 1 is 1.36 bits per heavy atom. The molecule has 2 rings (SSSR count). The Hall–Kier alpha value is -1.90. The Balaban J connectivity index is 2.09. The molecule has 1 aliphatic heterocycles. The molecule has 0 bridgehead atoms. The molecule has 0 aromatic carbocycles. The molecule has 0 N–H and O–H groups in total. The predicted molar refractivity (Wildman–Crippen MR) is 116 cm³/mol. The SMILES string of the molecule is C=C(C)C1=NC(c2nc(C=CC(OC)C(C)C(=CC(=O)OC)OC)cs2)CS1. The number of thiazole rings is 1. The summed E-state index contributed by atoms with van der Waals surface area (Å²) in [5, 5.41) is 4.01. The van der Waals surface area contributed by atoms with Gasteiger partial charge < -0.3 is 14.2 Å². The Labute approximate surface area is 174 Å². The lowest BCUT2D eigenvalue weighted by Gasteiger charge is -2.21. The van der Waals surface area contributed by atoms with Crippen LogP contribution in [0.3, 0.4) is 0 Å². The zero-order valence-corrected chi connectivity index (χ0v) is 18.4. The van der Waals surface area contributed by atoms with Gasteiger partial charge in [0, 0.05) is 24.2 Å². The number of aromatic nitrogens is 1. The Bertz CT molecular complexity index is 798. The molecule has 6 nitrogen and oxygen atoms in total. The van der Waals surface area contributed by atoms with Crippen molar-refractivity contribution in [1.82, 2.24) is 4.98 Å². The van der Waals surface area contributed by atoms with Crippen LogP contribution >= 0.6 is 23.1 Å². The van der Waals surface area contributed by atoms with Gasteiger partial charge in [-0.25, -0.2) is 9.78 Å². The summed E-state index contributed by atoms with van der Waals surface area (Å²) in [4.78, 5) is 20.9. The second-order valence-corrected chi connectivity index (χ2v) is 8.17. The van der Waals surface area contributed by atoms with Crippen LogP contribution < -0.4 is 0 Å². The monoisotopic (exact) mass is 422 g/mol. The number of ether oxygens (including phenoxy) is 3. The van der Waals surface area contributed by atoms with Crippen molar-refractivity contribution in [2.24, 2.45) is 10.9 Å². The molecule has 0 saturated carbocycles. The summed E-state index contributed by atoms with van der Waals surface area (Å²) in [7, 11) is 4.47. The first-order chi connectivity index (χ1) is 13.4. The van der Waals surface area contributed by atoms with E-state index in [0.29, 0.717) is 5.76 Å². The lowest BCUT2D eigenvalue weighted by atomic mass is 10.0. The van der Waals surface area contributed by atoms with E-state index in [2.05, 4.69) is 16.3 Å². The maximum atomic E-state index is 11.5. The fourth-order valence-corrected chi connectivity index (χ4v) is 4.55. The summed E-state index contributed by atoms with van der Waals surface area (Å²) in [5.41, 5.74) is 1.85. The zero-order chi connectivity index (χ0) is 20.7. The topological polar surface area (TPSA) is 70.0 Å². The number of aliphatic imine (C=N–C) groups is 1. The van der Waals surface area contributed by atoms with Gasteiger partial charge in [-0.1, -0.05) is 19.6 Å². The first kappa shape index (κ1) is 22.4. The average molecular weight is 423 g/mol. The van der Waals surface area contributed by atoms with Gasteiger partial charge in [0.15, 0.2) is 0 Å². The molecule has 1 aromatic heterocycles. The Kier molecular flexibility index (Phi) is 8.47. The van der Waals surface area contributed by atoms with Crippen LogP contribution in [0.1, 0.15) is 30.6 Å². The van der Waals surface area contributed by atoms with Crippen molar-refractivity contribution in [3.63, 3.8) is 0 Å². The smallest absolute Gasteiger partial charge is 0.333 e. The summed E-state index contributed by atoms with van der Waals surface area (Å²) in [6.45, 7) is 7.85. The van der Waals surface area contributed by atoms with Gasteiger partial charge in [-0.2, -0.15) is 0 Å². The quantitative estimate of drug-likeness (QED) is 0.336. The predicted octanol–water partition coefficient (Wildman–Crippen LogP) is 4.27. The second kappa shape index (κ2) is 10.6. The lowest BCUT2D eigenvalue weighted by Crippen LogP contribution is -2.21. The third kappa shape index (κ3) is 5.80. The van der Waals surface area contributed by atoms with Gasteiger partial charge in [0.2, 0.25) is 0 Å². The molecule has 0 aliphatic carbocycles. The van der Waals surface area contributed by atoms with E-state index in [4.69, 9.17) is 14.5 Å². The standard InChI is InChI=1S/C20H26N2O4S2/c1-12(2)19-22-15(11-28-19)20-21-14(10-27-20)7-8-16(24-4)13(3)17(25-5)9-18(23)26-6/h7-10,13,15-16H,1,11H2,2-6H3. The van der Waals surface area contributed by atoms with E-state index in [-0.39, 0.29) is 18.1 Å². The van der Waals surface area contributed by atoms with Crippen molar-refractivity contribution in [2.45, 2.75) is 26.0 Å². The minimum atomic E-state index is -0.462. The molecule has 0 spiro atoms. The highest BCUT2D eigenvalue weighted by Gasteiger charge is 2.23. The number of carbonyl (C=O) groups is 1. The summed E-state index contributed by atoms with van der Waals surface area (Å²) in [6.07, 6.45) is 4.89. The third-order valence-corrected chi connectivity index (χ3v) is 6.38. The van der Waals surface area contributed by atoms with Gasteiger partial charge in [-0.15, -0.1) is 23.1 Å². The summed E-state index contributed by atoms with van der Waals surface area (Å²) < 4.78 is 15.6. The molecule has 152 valence electrons.